The average Bonchev–Trinajstić information content (AvgIpc) is 2.03. The molecule has 0 aromatic carbocycles. The van der Waals surface area contributed by atoms with E-state index in [4.69, 9.17) is 4.99 Å². The van der Waals surface area contributed by atoms with Crippen LogP contribution in [0.5, 0.6) is 0 Å². The largest absolute Gasteiger partial charge is 0.278 e. The minimum Gasteiger partial charge on any atom is -0.278 e. The van der Waals surface area contributed by atoms with E-state index >= 15 is 0 Å². The van der Waals surface area contributed by atoms with Gasteiger partial charge in [-0.2, -0.15) is 0 Å². The molecule has 0 unspecified atom stereocenters. The monoisotopic (exact) mass is 299 g/mol. The third-order valence-electron chi connectivity index (χ3n) is 2.93. The highest BCUT2D eigenvalue weighted by Crippen LogP contribution is 2.40. The summed E-state index contributed by atoms with van der Waals surface area (Å²) in [7, 11) is 0. The number of hydrogen-bond acceptors (Lipinski definition) is 2. The molecule has 0 aliphatic carbocycles. The van der Waals surface area contributed by atoms with Gasteiger partial charge in [-0.1, -0.05) is 83.1 Å². The van der Waals surface area contributed by atoms with Crippen molar-refractivity contribution in [2.24, 2.45) is 21.2 Å². The molecule has 0 aromatic heterocycles. The van der Waals surface area contributed by atoms with E-state index in [2.05, 4.69) is 83.1 Å². The second-order valence-corrected chi connectivity index (χ2v) is 11.8. The summed E-state index contributed by atoms with van der Waals surface area (Å²) < 4.78 is 0.201. The van der Waals surface area contributed by atoms with Gasteiger partial charge in [0.05, 0.1) is 11.1 Å². The first-order chi connectivity index (χ1) is 8.44. The van der Waals surface area contributed by atoms with Gasteiger partial charge < -0.3 is 0 Å². The van der Waals surface area contributed by atoms with Crippen LogP contribution in [0.2, 0.25) is 0 Å². The first-order valence-electron chi connectivity index (χ1n) is 7.72. The second kappa shape index (κ2) is 6.02. The molecule has 0 rings (SSSR count). The molecule has 0 atom stereocenters. The maximum atomic E-state index is 5.25. The van der Waals surface area contributed by atoms with Gasteiger partial charge in [-0.25, -0.2) is 0 Å². The molecule has 0 fully saturated rings. The summed E-state index contributed by atoms with van der Waals surface area (Å²) in [5, 5.41) is 1.28. The van der Waals surface area contributed by atoms with Crippen molar-refractivity contribution in [2.45, 2.75) is 93.9 Å². The fraction of sp³-hybridized carbons (Fsp3) is 0.944. The van der Waals surface area contributed by atoms with E-state index in [-0.39, 0.29) is 21.0 Å². The van der Waals surface area contributed by atoms with Crippen LogP contribution in [0.1, 0.15) is 83.1 Å². The van der Waals surface area contributed by atoms with Gasteiger partial charge in [0.25, 0.3) is 0 Å². The Morgan fingerprint density at radius 3 is 1.25 bits per heavy atom. The number of rotatable bonds is 1. The molecule has 0 N–H and O–H groups in total. The van der Waals surface area contributed by atoms with Crippen LogP contribution in [0.3, 0.4) is 0 Å². The SMILES string of the molecule is CC(C)(C)SC(=NC(C(C)(C)C)C(C)(C)C)C(C)(C)C. The van der Waals surface area contributed by atoms with Crippen LogP contribution in [0.25, 0.3) is 0 Å². The van der Waals surface area contributed by atoms with E-state index in [9.17, 15) is 0 Å². The Bertz CT molecular complexity index is 326. The Labute approximate surface area is 132 Å². The highest BCUT2D eigenvalue weighted by molar-refractivity contribution is 8.15. The topological polar surface area (TPSA) is 12.4 Å². The maximum absolute atomic E-state index is 5.25. The zero-order chi connectivity index (χ0) is 16.6. The first kappa shape index (κ1) is 20.0. The van der Waals surface area contributed by atoms with Crippen molar-refractivity contribution in [3.05, 3.63) is 0 Å². The predicted molar refractivity (Wildman–Crippen MR) is 96.9 cm³/mol. The highest BCUT2D eigenvalue weighted by atomic mass is 32.2. The van der Waals surface area contributed by atoms with Crippen LogP contribution in [-0.2, 0) is 0 Å². The Balaban J connectivity index is 5.75. The predicted octanol–water partition coefficient (Wildman–Crippen LogP) is 6.42. The van der Waals surface area contributed by atoms with Gasteiger partial charge in [-0.05, 0) is 10.8 Å². The van der Waals surface area contributed by atoms with Crippen molar-refractivity contribution < 1.29 is 0 Å². The Hall–Kier alpha value is 0.0200. The molecular weight excluding hydrogens is 262 g/mol. The fourth-order valence-electron chi connectivity index (χ4n) is 2.47. The Morgan fingerprint density at radius 1 is 0.700 bits per heavy atom. The quantitative estimate of drug-likeness (QED) is 0.402. The molecule has 20 heavy (non-hydrogen) atoms. The molecule has 0 bridgehead atoms. The normalized spacial score (nSPS) is 15.9. The molecule has 2 heteroatoms. The number of aliphatic imine (C=N–C) groups is 1. The number of thioether (sulfide) groups is 1. The van der Waals surface area contributed by atoms with Crippen LogP contribution in [0.4, 0.5) is 0 Å². The molecule has 0 amide bonds. The smallest absolute Gasteiger partial charge is 0.0738 e. The van der Waals surface area contributed by atoms with Crippen LogP contribution in [0, 0.1) is 16.2 Å². The van der Waals surface area contributed by atoms with Gasteiger partial charge >= 0.3 is 0 Å². The molecule has 0 heterocycles. The van der Waals surface area contributed by atoms with Gasteiger partial charge in [-0.15, -0.1) is 11.8 Å². The van der Waals surface area contributed by atoms with E-state index in [1.807, 2.05) is 11.8 Å². The maximum Gasteiger partial charge on any atom is 0.0738 e. The van der Waals surface area contributed by atoms with Crippen molar-refractivity contribution in [1.82, 2.24) is 0 Å². The summed E-state index contributed by atoms with van der Waals surface area (Å²) in [6.45, 7) is 27.4. The standard InChI is InChI=1S/C18H37NS/c1-15(2,3)13(16(4,5)6)19-14(17(7,8)9)20-18(10,11)12/h13H,1-12H3. The fourth-order valence-corrected chi connectivity index (χ4v) is 3.51. The van der Waals surface area contributed by atoms with Crippen molar-refractivity contribution in [3.8, 4) is 0 Å². The van der Waals surface area contributed by atoms with Gasteiger partial charge in [0, 0.05) is 10.2 Å². The van der Waals surface area contributed by atoms with Gasteiger partial charge in [0.2, 0.25) is 0 Å². The summed E-state index contributed by atoms with van der Waals surface area (Å²) in [5.41, 5.74) is 0.451. The minimum absolute atomic E-state index is 0.104. The third-order valence-corrected chi connectivity index (χ3v) is 4.45. The Kier molecular flexibility index (Phi) is 6.03. The molecule has 0 saturated carbocycles. The molecular formula is C18H37NS. The number of hydrogen-bond donors (Lipinski definition) is 0. The van der Waals surface area contributed by atoms with Crippen molar-refractivity contribution in [2.75, 3.05) is 0 Å². The molecule has 0 aromatic rings. The van der Waals surface area contributed by atoms with Gasteiger partial charge in [-0.3, -0.25) is 4.99 Å². The summed E-state index contributed by atoms with van der Waals surface area (Å²) in [4.78, 5) is 5.25. The summed E-state index contributed by atoms with van der Waals surface area (Å²) >= 11 is 1.92. The van der Waals surface area contributed by atoms with Crippen molar-refractivity contribution >= 4 is 16.8 Å². The van der Waals surface area contributed by atoms with Crippen LogP contribution in [0.15, 0.2) is 4.99 Å². The molecule has 0 spiro atoms. The van der Waals surface area contributed by atoms with E-state index in [1.165, 1.54) is 5.04 Å². The van der Waals surface area contributed by atoms with Crippen LogP contribution < -0.4 is 0 Å². The van der Waals surface area contributed by atoms with Crippen molar-refractivity contribution in [3.63, 3.8) is 0 Å². The van der Waals surface area contributed by atoms with E-state index in [0.717, 1.165) is 0 Å². The molecule has 0 aliphatic heterocycles. The number of nitrogens with zero attached hydrogens (tertiary/aromatic N) is 1. The third kappa shape index (κ3) is 7.15. The zero-order valence-electron chi connectivity index (χ0n) is 15.9. The van der Waals surface area contributed by atoms with Crippen molar-refractivity contribution in [1.29, 1.82) is 0 Å². The second-order valence-electron chi connectivity index (χ2n) is 10.0. The minimum atomic E-state index is 0.104. The lowest BCUT2D eigenvalue weighted by Crippen LogP contribution is -2.39. The average molecular weight is 300 g/mol. The van der Waals surface area contributed by atoms with E-state index in [0.29, 0.717) is 6.04 Å². The molecule has 0 aliphatic rings. The summed E-state index contributed by atoms with van der Waals surface area (Å²) in [5.74, 6) is 0. The van der Waals surface area contributed by atoms with Crippen LogP contribution >= 0.6 is 11.8 Å². The lowest BCUT2D eigenvalue weighted by atomic mass is 9.72. The van der Waals surface area contributed by atoms with Gasteiger partial charge in [0.15, 0.2) is 0 Å². The first-order valence-corrected chi connectivity index (χ1v) is 8.53. The molecule has 1 nitrogen and oxygen atoms in total. The molecule has 0 radical (unpaired) electrons. The summed E-state index contributed by atoms with van der Waals surface area (Å²) in [6, 6.07) is 0.319. The Morgan fingerprint density at radius 2 is 1.05 bits per heavy atom. The summed E-state index contributed by atoms with van der Waals surface area (Å²) in [6.07, 6.45) is 0. The van der Waals surface area contributed by atoms with E-state index < -0.39 is 0 Å². The highest BCUT2D eigenvalue weighted by Gasteiger charge is 2.37. The molecule has 120 valence electrons. The lowest BCUT2D eigenvalue weighted by molar-refractivity contribution is 0.181. The zero-order valence-corrected chi connectivity index (χ0v) is 16.7. The lowest BCUT2D eigenvalue weighted by Gasteiger charge is -2.40. The molecule has 0 saturated heterocycles. The van der Waals surface area contributed by atoms with E-state index in [1.54, 1.807) is 0 Å². The van der Waals surface area contributed by atoms with Crippen LogP contribution in [-0.4, -0.2) is 15.8 Å². The van der Waals surface area contributed by atoms with Gasteiger partial charge in [0.1, 0.15) is 0 Å².